The summed E-state index contributed by atoms with van der Waals surface area (Å²) in [6.07, 6.45) is 0. The molecular weight excluding hydrogens is 155 g/mol. The fourth-order valence-corrected chi connectivity index (χ4v) is 0.920. The molecule has 0 aromatic heterocycles. The third kappa shape index (κ3) is 1.73. The molecule has 0 aliphatic heterocycles. The third-order valence-electron chi connectivity index (χ3n) is 1.47. The SMILES string of the molecule is CCNc1ccc(C#N)c(F)c1.[HH]. The minimum absolute atomic E-state index is 0. The lowest BCUT2D eigenvalue weighted by molar-refractivity contribution is 0.624. The fraction of sp³-hybridized carbons (Fsp3) is 0.222. The Kier molecular flexibility index (Phi) is 2.65. The molecule has 0 saturated heterocycles. The fourth-order valence-electron chi connectivity index (χ4n) is 0.920. The molecule has 0 amide bonds. The van der Waals surface area contributed by atoms with Gasteiger partial charge in [-0.2, -0.15) is 5.26 Å². The third-order valence-corrected chi connectivity index (χ3v) is 1.47. The monoisotopic (exact) mass is 166 g/mol. The standard InChI is InChI=1S/C9H9FN2.H2/c1-2-12-8-4-3-7(6-11)9(10)5-8;/h3-5,12H,2H2,1H3;1H. The highest BCUT2D eigenvalue weighted by molar-refractivity contribution is 5.47. The molecular formula is C9H11FN2. The van der Waals surface area contributed by atoms with Crippen LogP contribution in [0.3, 0.4) is 0 Å². The molecule has 0 radical (unpaired) electrons. The Morgan fingerprint density at radius 2 is 2.42 bits per heavy atom. The van der Waals surface area contributed by atoms with Gasteiger partial charge in [0.25, 0.3) is 0 Å². The van der Waals surface area contributed by atoms with Crippen LogP contribution in [0.25, 0.3) is 0 Å². The summed E-state index contributed by atoms with van der Waals surface area (Å²) in [5, 5.41) is 11.4. The number of anilines is 1. The summed E-state index contributed by atoms with van der Waals surface area (Å²) in [6.45, 7) is 2.67. The minimum atomic E-state index is -0.476. The zero-order valence-corrected chi connectivity index (χ0v) is 6.76. The van der Waals surface area contributed by atoms with E-state index in [0.29, 0.717) is 5.69 Å². The van der Waals surface area contributed by atoms with E-state index in [1.165, 1.54) is 12.1 Å². The first kappa shape index (κ1) is 8.54. The maximum Gasteiger partial charge on any atom is 0.143 e. The van der Waals surface area contributed by atoms with Crippen LogP contribution in [0.15, 0.2) is 18.2 Å². The van der Waals surface area contributed by atoms with Crippen LogP contribution in [0.5, 0.6) is 0 Å². The van der Waals surface area contributed by atoms with Crippen LogP contribution in [0.2, 0.25) is 0 Å². The van der Waals surface area contributed by atoms with Crippen molar-refractivity contribution in [3.8, 4) is 6.07 Å². The second-order valence-electron chi connectivity index (χ2n) is 2.34. The number of nitrogens with one attached hydrogen (secondary N) is 1. The van der Waals surface area contributed by atoms with Crippen molar-refractivity contribution in [1.82, 2.24) is 0 Å². The largest absolute Gasteiger partial charge is 0.385 e. The van der Waals surface area contributed by atoms with Crippen molar-refractivity contribution in [3.63, 3.8) is 0 Å². The number of benzene rings is 1. The van der Waals surface area contributed by atoms with Gasteiger partial charge in [0.1, 0.15) is 11.9 Å². The normalized spacial score (nSPS) is 9.08. The summed E-state index contributed by atoms with van der Waals surface area (Å²) in [5.41, 5.74) is 0.783. The summed E-state index contributed by atoms with van der Waals surface area (Å²) in [6, 6.07) is 6.23. The average Bonchev–Trinajstić information content (AvgIpc) is 2.05. The quantitative estimate of drug-likeness (QED) is 0.732. The molecule has 0 aliphatic rings. The molecule has 2 nitrogen and oxygen atoms in total. The van der Waals surface area contributed by atoms with Gasteiger partial charge in [0.15, 0.2) is 0 Å². The predicted molar refractivity (Wildman–Crippen MR) is 47.4 cm³/mol. The molecule has 1 aromatic carbocycles. The second kappa shape index (κ2) is 3.72. The summed E-state index contributed by atoms with van der Waals surface area (Å²) >= 11 is 0. The van der Waals surface area contributed by atoms with Crippen LogP contribution in [-0.4, -0.2) is 6.54 Å². The van der Waals surface area contributed by atoms with Crippen LogP contribution in [0.4, 0.5) is 10.1 Å². The smallest absolute Gasteiger partial charge is 0.143 e. The van der Waals surface area contributed by atoms with Crippen molar-refractivity contribution in [1.29, 1.82) is 5.26 Å². The summed E-state index contributed by atoms with van der Waals surface area (Å²) in [5.74, 6) is -0.476. The number of hydrogen-bond donors (Lipinski definition) is 1. The van der Waals surface area contributed by atoms with Crippen molar-refractivity contribution in [2.75, 3.05) is 11.9 Å². The zero-order valence-electron chi connectivity index (χ0n) is 6.76. The summed E-state index contributed by atoms with van der Waals surface area (Å²) < 4.78 is 12.9. The van der Waals surface area contributed by atoms with Gasteiger partial charge in [0.2, 0.25) is 0 Å². The highest BCUT2D eigenvalue weighted by atomic mass is 19.1. The number of nitrogens with zero attached hydrogens (tertiary/aromatic N) is 1. The number of rotatable bonds is 2. The van der Waals surface area contributed by atoms with Gasteiger partial charge < -0.3 is 5.32 Å². The zero-order chi connectivity index (χ0) is 8.97. The molecule has 1 rings (SSSR count). The minimum Gasteiger partial charge on any atom is -0.385 e. The van der Waals surface area contributed by atoms with Crippen molar-refractivity contribution < 1.29 is 5.82 Å². The van der Waals surface area contributed by atoms with Gasteiger partial charge in [0, 0.05) is 13.7 Å². The van der Waals surface area contributed by atoms with Gasteiger partial charge in [-0.25, -0.2) is 4.39 Å². The van der Waals surface area contributed by atoms with E-state index in [0.717, 1.165) is 6.54 Å². The molecule has 0 fully saturated rings. The summed E-state index contributed by atoms with van der Waals surface area (Å²) in [7, 11) is 0. The highest BCUT2D eigenvalue weighted by Crippen LogP contribution is 2.12. The number of hydrogen-bond acceptors (Lipinski definition) is 2. The van der Waals surface area contributed by atoms with Crippen molar-refractivity contribution in [2.24, 2.45) is 0 Å². The first-order chi connectivity index (χ1) is 5.77. The van der Waals surface area contributed by atoms with Gasteiger partial charge in [-0.1, -0.05) is 0 Å². The van der Waals surface area contributed by atoms with E-state index in [1.54, 1.807) is 12.1 Å². The molecule has 0 bridgehead atoms. The lowest BCUT2D eigenvalue weighted by Crippen LogP contribution is -1.97. The molecule has 64 valence electrons. The maximum atomic E-state index is 12.9. The second-order valence-corrected chi connectivity index (χ2v) is 2.34. The number of halogens is 1. The van der Waals surface area contributed by atoms with Gasteiger partial charge in [0.05, 0.1) is 5.56 Å². The first-order valence-electron chi connectivity index (χ1n) is 3.71. The lowest BCUT2D eigenvalue weighted by atomic mass is 10.2. The van der Waals surface area contributed by atoms with E-state index >= 15 is 0 Å². The topological polar surface area (TPSA) is 35.8 Å². The Balaban J connectivity index is 0.00000144. The molecule has 1 aromatic rings. The van der Waals surface area contributed by atoms with Crippen LogP contribution in [-0.2, 0) is 0 Å². The predicted octanol–water partition coefficient (Wildman–Crippen LogP) is 2.38. The molecule has 12 heavy (non-hydrogen) atoms. The van der Waals surface area contributed by atoms with Gasteiger partial charge >= 0.3 is 0 Å². The molecule has 1 N–H and O–H groups in total. The van der Waals surface area contributed by atoms with Crippen LogP contribution in [0, 0.1) is 17.1 Å². The Labute approximate surface area is 72.1 Å². The molecule has 0 aliphatic carbocycles. The number of nitriles is 1. The average molecular weight is 166 g/mol. The van der Waals surface area contributed by atoms with E-state index in [4.69, 9.17) is 5.26 Å². The van der Waals surface area contributed by atoms with Crippen LogP contribution >= 0.6 is 0 Å². The van der Waals surface area contributed by atoms with E-state index in [1.807, 2.05) is 6.92 Å². The lowest BCUT2D eigenvalue weighted by Gasteiger charge is -2.02. The Morgan fingerprint density at radius 3 is 2.92 bits per heavy atom. The van der Waals surface area contributed by atoms with E-state index in [-0.39, 0.29) is 6.99 Å². The van der Waals surface area contributed by atoms with Crippen LogP contribution in [0.1, 0.15) is 13.9 Å². The van der Waals surface area contributed by atoms with Gasteiger partial charge in [-0.3, -0.25) is 0 Å². The molecule has 0 unspecified atom stereocenters. The van der Waals surface area contributed by atoms with Crippen molar-refractivity contribution in [2.45, 2.75) is 6.92 Å². The molecule has 0 atom stereocenters. The van der Waals surface area contributed by atoms with Gasteiger partial charge in [-0.05, 0) is 25.1 Å². The maximum absolute atomic E-state index is 12.9. The van der Waals surface area contributed by atoms with Crippen molar-refractivity contribution in [3.05, 3.63) is 29.6 Å². The summed E-state index contributed by atoms with van der Waals surface area (Å²) in [4.78, 5) is 0. The molecule has 0 saturated carbocycles. The van der Waals surface area contributed by atoms with E-state index in [9.17, 15) is 4.39 Å². The van der Waals surface area contributed by atoms with Crippen molar-refractivity contribution >= 4 is 5.69 Å². The van der Waals surface area contributed by atoms with E-state index < -0.39 is 5.82 Å². The molecule has 0 spiro atoms. The molecule has 3 heteroatoms. The Morgan fingerprint density at radius 1 is 1.67 bits per heavy atom. The van der Waals surface area contributed by atoms with Crippen LogP contribution < -0.4 is 5.32 Å². The Hall–Kier alpha value is -1.56. The van der Waals surface area contributed by atoms with E-state index in [2.05, 4.69) is 5.32 Å². The molecule has 0 heterocycles. The Bertz CT molecular complexity index is 320. The van der Waals surface area contributed by atoms with Gasteiger partial charge in [-0.15, -0.1) is 0 Å². The highest BCUT2D eigenvalue weighted by Gasteiger charge is 2.00. The first-order valence-corrected chi connectivity index (χ1v) is 3.71.